The van der Waals surface area contributed by atoms with Gasteiger partial charge in [0.05, 0.1) is 13.3 Å². The van der Waals surface area contributed by atoms with E-state index in [0.717, 1.165) is 13.1 Å². The third-order valence-corrected chi connectivity index (χ3v) is 3.82. The SMILES string of the molecule is COc1ncc(Cl)c(NCC(C)CN2CCCCC2)n1. The van der Waals surface area contributed by atoms with Crippen molar-refractivity contribution < 1.29 is 4.74 Å². The van der Waals surface area contributed by atoms with Gasteiger partial charge in [-0.3, -0.25) is 0 Å². The van der Waals surface area contributed by atoms with E-state index < -0.39 is 0 Å². The Morgan fingerprint density at radius 1 is 1.40 bits per heavy atom. The Labute approximate surface area is 125 Å². The Kier molecular flexibility index (Phi) is 5.86. The third-order valence-electron chi connectivity index (χ3n) is 3.54. The number of hydrogen-bond acceptors (Lipinski definition) is 5. The second-order valence-electron chi connectivity index (χ2n) is 5.40. The first-order chi connectivity index (χ1) is 9.69. The molecule has 0 bridgehead atoms. The van der Waals surface area contributed by atoms with Crippen LogP contribution in [0.25, 0.3) is 0 Å². The lowest BCUT2D eigenvalue weighted by atomic mass is 10.1. The van der Waals surface area contributed by atoms with Crippen molar-refractivity contribution in [2.75, 3.05) is 38.6 Å². The van der Waals surface area contributed by atoms with Gasteiger partial charge in [-0.2, -0.15) is 4.98 Å². The molecule has 0 amide bonds. The normalized spacial score (nSPS) is 17.8. The van der Waals surface area contributed by atoms with Gasteiger partial charge in [-0.05, 0) is 31.8 Å². The number of nitrogens with one attached hydrogen (secondary N) is 1. The average molecular weight is 299 g/mol. The van der Waals surface area contributed by atoms with E-state index in [1.165, 1.54) is 32.4 Å². The monoisotopic (exact) mass is 298 g/mol. The van der Waals surface area contributed by atoms with Crippen LogP contribution in [0, 0.1) is 5.92 Å². The molecule has 1 aromatic heterocycles. The first-order valence-corrected chi connectivity index (χ1v) is 7.59. The number of methoxy groups -OCH3 is 1. The standard InChI is InChI=1S/C14H23ClN4O/c1-11(10-19-6-4-3-5-7-19)8-16-13-12(15)9-17-14(18-13)20-2/h9,11H,3-8,10H2,1-2H3,(H,16,17,18). The molecule has 20 heavy (non-hydrogen) atoms. The average Bonchev–Trinajstić information content (AvgIpc) is 2.47. The van der Waals surface area contributed by atoms with Crippen LogP contribution in [0.2, 0.25) is 5.02 Å². The number of likely N-dealkylation sites (tertiary alicyclic amines) is 1. The Morgan fingerprint density at radius 3 is 2.85 bits per heavy atom. The second-order valence-corrected chi connectivity index (χ2v) is 5.81. The molecule has 1 atom stereocenters. The molecule has 6 heteroatoms. The summed E-state index contributed by atoms with van der Waals surface area (Å²) in [6.45, 7) is 6.66. The highest BCUT2D eigenvalue weighted by Crippen LogP contribution is 2.20. The van der Waals surface area contributed by atoms with Crippen molar-refractivity contribution in [3.63, 3.8) is 0 Å². The van der Waals surface area contributed by atoms with E-state index in [1.54, 1.807) is 13.3 Å². The van der Waals surface area contributed by atoms with Crippen LogP contribution in [0.4, 0.5) is 5.82 Å². The van der Waals surface area contributed by atoms with Crippen LogP contribution in [0.5, 0.6) is 6.01 Å². The molecule has 0 aromatic carbocycles. The molecular formula is C14H23ClN4O. The van der Waals surface area contributed by atoms with Crippen molar-refractivity contribution in [2.24, 2.45) is 5.92 Å². The molecule has 0 radical (unpaired) electrons. The van der Waals surface area contributed by atoms with Crippen LogP contribution < -0.4 is 10.1 Å². The number of aromatic nitrogens is 2. The van der Waals surface area contributed by atoms with Gasteiger partial charge in [0.25, 0.3) is 0 Å². The fraction of sp³-hybridized carbons (Fsp3) is 0.714. The zero-order valence-corrected chi connectivity index (χ0v) is 13.0. The van der Waals surface area contributed by atoms with Gasteiger partial charge >= 0.3 is 6.01 Å². The van der Waals surface area contributed by atoms with Gasteiger partial charge in [0.15, 0.2) is 5.82 Å². The lowest BCUT2D eigenvalue weighted by molar-refractivity contribution is 0.204. The highest BCUT2D eigenvalue weighted by atomic mass is 35.5. The van der Waals surface area contributed by atoms with Crippen LogP contribution in [-0.4, -0.2) is 48.2 Å². The van der Waals surface area contributed by atoms with E-state index in [-0.39, 0.29) is 0 Å². The molecule has 0 saturated carbocycles. The fourth-order valence-corrected chi connectivity index (χ4v) is 2.65. The molecule has 0 aliphatic carbocycles. The van der Waals surface area contributed by atoms with Gasteiger partial charge in [0.2, 0.25) is 0 Å². The molecule has 1 aliphatic heterocycles. The maximum atomic E-state index is 6.08. The number of ether oxygens (including phenoxy) is 1. The fourth-order valence-electron chi connectivity index (χ4n) is 2.49. The Hall–Kier alpha value is -1.07. The highest BCUT2D eigenvalue weighted by molar-refractivity contribution is 6.32. The minimum atomic E-state index is 0.334. The first kappa shape index (κ1) is 15.3. The van der Waals surface area contributed by atoms with E-state index >= 15 is 0 Å². The van der Waals surface area contributed by atoms with Crippen molar-refractivity contribution in [2.45, 2.75) is 26.2 Å². The molecule has 5 nitrogen and oxygen atoms in total. The van der Waals surface area contributed by atoms with Crippen LogP contribution in [0.3, 0.4) is 0 Å². The third kappa shape index (κ3) is 4.49. The maximum absolute atomic E-state index is 6.08. The first-order valence-electron chi connectivity index (χ1n) is 7.22. The van der Waals surface area contributed by atoms with Gasteiger partial charge in [-0.25, -0.2) is 4.98 Å². The summed E-state index contributed by atoms with van der Waals surface area (Å²) in [6, 6.07) is 0.334. The van der Waals surface area contributed by atoms with Crippen LogP contribution >= 0.6 is 11.6 Å². The molecule has 1 saturated heterocycles. The molecule has 0 spiro atoms. The minimum Gasteiger partial charge on any atom is -0.467 e. The van der Waals surface area contributed by atoms with Crippen LogP contribution in [0.1, 0.15) is 26.2 Å². The molecule has 1 aromatic rings. The summed E-state index contributed by atoms with van der Waals surface area (Å²) in [5, 5.41) is 3.81. The topological polar surface area (TPSA) is 50.3 Å². The number of rotatable bonds is 6. The molecule has 1 aliphatic rings. The molecule has 2 rings (SSSR count). The summed E-state index contributed by atoms with van der Waals surface area (Å²) in [6.07, 6.45) is 5.59. The van der Waals surface area contributed by atoms with Gasteiger partial charge < -0.3 is 15.0 Å². The molecule has 1 N–H and O–H groups in total. The van der Waals surface area contributed by atoms with Gasteiger partial charge in [-0.1, -0.05) is 24.9 Å². The van der Waals surface area contributed by atoms with E-state index in [9.17, 15) is 0 Å². The van der Waals surface area contributed by atoms with E-state index in [1.807, 2.05) is 0 Å². The maximum Gasteiger partial charge on any atom is 0.318 e. The lowest BCUT2D eigenvalue weighted by Crippen LogP contribution is -2.35. The van der Waals surface area contributed by atoms with Gasteiger partial charge in [0.1, 0.15) is 5.02 Å². The molecule has 112 valence electrons. The Morgan fingerprint density at radius 2 is 2.15 bits per heavy atom. The smallest absolute Gasteiger partial charge is 0.318 e. The van der Waals surface area contributed by atoms with E-state index in [2.05, 4.69) is 27.1 Å². The minimum absolute atomic E-state index is 0.334. The van der Waals surface area contributed by atoms with Crippen LogP contribution in [-0.2, 0) is 0 Å². The zero-order chi connectivity index (χ0) is 14.4. The summed E-state index contributed by atoms with van der Waals surface area (Å²) in [5.74, 6) is 1.19. The lowest BCUT2D eigenvalue weighted by Gasteiger charge is -2.29. The number of nitrogens with zero attached hydrogens (tertiary/aromatic N) is 3. The summed E-state index contributed by atoms with van der Waals surface area (Å²) in [5.41, 5.74) is 0. The van der Waals surface area contributed by atoms with E-state index in [0.29, 0.717) is 22.8 Å². The van der Waals surface area contributed by atoms with Crippen molar-refractivity contribution in [1.82, 2.24) is 14.9 Å². The van der Waals surface area contributed by atoms with Crippen molar-refractivity contribution in [1.29, 1.82) is 0 Å². The summed E-state index contributed by atoms with van der Waals surface area (Å²) in [4.78, 5) is 10.7. The van der Waals surface area contributed by atoms with Gasteiger partial charge in [-0.15, -0.1) is 0 Å². The Balaban J connectivity index is 1.81. The Bertz CT molecular complexity index is 424. The molecular weight excluding hydrogens is 276 g/mol. The number of piperidine rings is 1. The van der Waals surface area contributed by atoms with Crippen molar-refractivity contribution in [3.05, 3.63) is 11.2 Å². The summed E-state index contributed by atoms with van der Waals surface area (Å²) >= 11 is 6.08. The van der Waals surface area contributed by atoms with Crippen molar-refractivity contribution >= 4 is 17.4 Å². The van der Waals surface area contributed by atoms with Crippen molar-refractivity contribution in [3.8, 4) is 6.01 Å². The van der Waals surface area contributed by atoms with Gasteiger partial charge in [0, 0.05) is 13.1 Å². The quantitative estimate of drug-likeness (QED) is 0.875. The number of halogens is 1. The molecule has 1 unspecified atom stereocenters. The predicted octanol–water partition coefficient (Wildman–Crippen LogP) is 2.67. The molecule has 1 fully saturated rings. The summed E-state index contributed by atoms with van der Waals surface area (Å²) < 4.78 is 5.01. The zero-order valence-electron chi connectivity index (χ0n) is 12.2. The predicted molar refractivity (Wildman–Crippen MR) is 81.5 cm³/mol. The molecule has 2 heterocycles. The summed E-state index contributed by atoms with van der Waals surface area (Å²) in [7, 11) is 1.55. The van der Waals surface area contributed by atoms with Crippen LogP contribution in [0.15, 0.2) is 6.20 Å². The largest absolute Gasteiger partial charge is 0.467 e. The second kappa shape index (κ2) is 7.64. The number of anilines is 1. The van der Waals surface area contributed by atoms with E-state index in [4.69, 9.17) is 16.3 Å². The highest BCUT2D eigenvalue weighted by Gasteiger charge is 2.14. The number of hydrogen-bond donors (Lipinski definition) is 1.